The van der Waals surface area contributed by atoms with Crippen LogP contribution in [0.1, 0.15) is 5.69 Å². The average Bonchev–Trinajstić information content (AvgIpc) is 2.34. The van der Waals surface area contributed by atoms with E-state index in [1.54, 1.807) is 11.8 Å². The van der Waals surface area contributed by atoms with Crippen molar-refractivity contribution in [2.45, 2.75) is 6.92 Å². The Balaban J connectivity index is 2.50. The number of rotatable bonds is 3. The number of aromatic nitrogens is 2. The van der Waals surface area contributed by atoms with E-state index in [0.717, 1.165) is 0 Å². The van der Waals surface area contributed by atoms with Crippen LogP contribution in [0.25, 0.3) is 0 Å². The van der Waals surface area contributed by atoms with E-state index in [2.05, 4.69) is 20.3 Å². The smallest absolute Gasteiger partial charge is 0.239 e. The quantitative estimate of drug-likeness (QED) is 0.709. The molecule has 1 aromatic rings. The molecular formula is C7H12N4O2. The molecule has 0 aliphatic carbocycles. The molecule has 0 aliphatic rings. The zero-order valence-electron chi connectivity index (χ0n) is 7.87. The SMILES string of the molecule is Cc1nonc1NC(=O)CN(C)C. The van der Waals surface area contributed by atoms with Crippen LogP contribution in [0.3, 0.4) is 0 Å². The van der Waals surface area contributed by atoms with E-state index in [4.69, 9.17) is 0 Å². The van der Waals surface area contributed by atoms with Crippen LogP contribution in [0, 0.1) is 6.92 Å². The van der Waals surface area contributed by atoms with E-state index in [1.807, 2.05) is 14.1 Å². The molecule has 0 aromatic carbocycles. The molecule has 0 spiro atoms. The van der Waals surface area contributed by atoms with Crippen LogP contribution in [-0.2, 0) is 4.79 Å². The molecule has 1 aromatic heterocycles. The van der Waals surface area contributed by atoms with Crippen molar-refractivity contribution in [3.8, 4) is 0 Å². The lowest BCUT2D eigenvalue weighted by Crippen LogP contribution is -2.27. The van der Waals surface area contributed by atoms with Gasteiger partial charge in [-0.05, 0) is 26.2 Å². The number of carbonyl (C=O) groups is 1. The van der Waals surface area contributed by atoms with Gasteiger partial charge in [-0.15, -0.1) is 0 Å². The van der Waals surface area contributed by atoms with Crippen LogP contribution in [-0.4, -0.2) is 41.8 Å². The van der Waals surface area contributed by atoms with Gasteiger partial charge in [-0.25, -0.2) is 4.63 Å². The number of likely N-dealkylation sites (N-methyl/N-ethyl adjacent to an activating group) is 1. The fraction of sp³-hybridized carbons (Fsp3) is 0.571. The summed E-state index contributed by atoms with van der Waals surface area (Å²) >= 11 is 0. The summed E-state index contributed by atoms with van der Waals surface area (Å²) in [6.07, 6.45) is 0. The van der Waals surface area contributed by atoms with E-state index in [9.17, 15) is 4.79 Å². The van der Waals surface area contributed by atoms with Crippen LogP contribution in [0.5, 0.6) is 0 Å². The normalized spacial score (nSPS) is 10.5. The third-order valence-electron chi connectivity index (χ3n) is 1.37. The molecule has 0 unspecified atom stereocenters. The first-order valence-electron chi connectivity index (χ1n) is 3.83. The Morgan fingerprint density at radius 3 is 2.69 bits per heavy atom. The van der Waals surface area contributed by atoms with Gasteiger partial charge in [-0.1, -0.05) is 5.16 Å². The van der Waals surface area contributed by atoms with Gasteiger partial charge in [0.05, 0.1) is 6.54 Å². The molecule has 0 bridgehead atoms. The molecule has 72 valence electrons. The molecule has 0 atom stereocenters. The second-order valence-electron chi connectivity index (χ2n) is 2.98. The topological polar surface area (TPSA) is 71.3 Å². The summed E-state index contributed by atoms with van der Waals surface area (Å²) in [5.41, 5.74) is 0.576. The summed E-state index contributed by atoms with van der Waals surface area (Å²) in [5, 5.41) is 9.63. The molecular weight excluding hydrogens is 172 g/mol. The summed E-state index contributed by atoms with van der Waals surface area (Å²) < 4.78 is 4.42. The van der Waals surface area contributed by atoms with Crippen molar-refractivity contribution in [1.82, 2.24) is 15.2 Å². The van der Waals surface area contributed by atoms with Crippen molar-refractivity contribution < 1.29 is 9.42 Å². The number of hydrogen-bond donors (Lipinski definition) is 1. The third kappa shape index (κ3) is 2.83. The summed E-state index contributed by atoms with van der Waals surface area (Å²) in [4.78, 5) is 13.0. The molecule has 0 saturated carbocycles. The van der Waals surface area contributed by atoms with Crippen molar-refractivity contribution in [3.05, 3.63) is 5.69 Å². The summed E-state index contributed by atoms with van der Waals surface area (Å²) in [6, 6.07) is 0. The predicted molar refractivity (Wildman–Crippen MR) is 46.2 cm³/mol. The molecule has 6 heteroatoms. The number of anilines is 1. The Hall–Kier alpha value is -1.43. The molecule has 0 radical (unpaired) electrons. The van der Waals surface area contributed by atoms with E-state index in [-0.39, 0.29) is 5.91 Å². The fourth-order valence-corrected chi connectivity index (χ4v) is 0.804. The maximum atomic E-state index is 11.2. The fourth-order valence-electron chi connectivity index (χ4n) is 0.804. The van der Waals surface area contributed by atoms with E-state index >= 15 is 0 Å². The first-order chi connectivity index (χ1) is 6.09. The van der Waals surface area contributed by atoms with Gasteiger partial charge < -0.3 is 10.2 Å². The summed E-state index contributed by atoms with van der Waals surface area (Å²) in [6.45, 7) is 2.02. The van der Waals surface area contributed by atoms with Crippen LogP contribution < -0.4 is 5.32 Å². The minimum absolute atomic E-state index is 0.135. The van der Waals surface area contributed by atoms with Gasteiger partial charge in [0.1, 0.15) is 5.69 Å². The molecule has 0 saturated heterocycles. The standard InChI is InChI=1S/C7H12N4O2/c1-5-7(10-13-9-5)8-6(12)4-11(2)3/h4H2,1-3H3,(H,8,10,12). The summed E-state index contributed by atoms with van der Waals surface area (Å²) in [7, 11) is 3.63. The predicted octanol–water partition coefficient (Wildman–Crippen LogP) is -0.122. The van der Waals surface area contributed by atoms with Gasteiger partial charge in [0.25, 0.3) is 0 Å². The van der Waals surface area contributed by atoms with Crippen molar-refractivity contribution in [3.63, 3.8) is 0 Å². The highest BCUT2D eigenvalue weighted by atomic mass is 16.6. The van der Waals surface area contributed by atoms with Crippen LogP contribution >= 0.6 is 0 Å². The molecule has 1 rings (SSSR count). The van der Waals surface area contributed by atoms with Crippen LogP contribution in [0.15, 0.2) is 4.63 Å². The maximum Gasteiger partial charge on any atom is 0.239 e. The zero-order chi connectivity index (χ0) is 9.84. The number of aryl methyl sites for hydroxylation is 1. The van der Waals surface area contributed by atoms with E-state index in [1.165, 1.54) is 0 Å². The van der Waals surface area contributed by atoms with Crippen LogP contribution in [0.2, 0.25) is 0 Å². The van der Waals surface area contributed by atoms with Gasteiger partial charge in [0.2, 0.25) is 5.91 Å². The monoisotopic (exact) mass is 184 g/mol. The van der Waals surface area contributed by atoms with Gasteiger partial charge in [-0.2, -0.15) is 0 Å². The Labute approximate surface area is 75.9 Å². The molecule has 1 N–H and O–H groups in total. The lowest BCUT2D eigenvalue weighted by atomic mass is 10.4. The summed E-state index contributed by atoms with van der Waals surface area (Å²) in [5.74, 6) is 0.246. The molecule has 0 fully saturated rings. The second-order valence-corrected chi connectivity index (χ2v) is 2.98. The van der Waals surface area contributed by atoms with Crippen LogP contribution in [0.4, 0.5) is 5.82 Å². The van der Waals surface area contributed by atoms with Gasteiger partial charge in [-0.3, -0.25) is 4.79 Å². The lowest BCUT2D eigenvalue weighted by Gasteiger charge is -2.07. The van der Waals surface area contributed by atoms with Gasteiger partial charge >= 0.3 is 0 Å². The number of nitrogens with zero attached hydrogens (tertiary/aromatic N) is 3. The molecule has 0 aliphatic heterocycles. The molecule has 1 amide bonds. The minimum Gasteiger partial charge on any atom is -0.305 e. The van der Waals surface area contributed by atoms with Crippen molar-refractivity contribution in [1.29, 1.82) is 0 Å². The molecule has 13 heavy (non-hydrogen) atoms. The Morgan fingerprint density at radius 2 is 2.23 bits per heavy atom. The van der Waals surface area contributed by atoms with Crippen molar-refractivity contribution >= 4 is 11.7 Å². The highest BCUT2D eigenvalue weighted by Crippen LogP contribution is 2.06. The third-order valence-corrected chi connectivity index (χ3v) is 1.37. The Morgan fingerprint density at radius 1 is 1.54 bits per heavy atom. The largest absolute Gasteiger partial charge is 0.305 e. The first-order valence-corrected chi connectivity index (χ1v) is 3.83. The van der Waals surface area contributed by atoms with E-state index in [0.29, 0.717) is 18.1 Å². The average molecular weight is 184 g/mol. The van der Waals surface area contributed by atoms with Gasteiger partial charge in [0.15, 0.2) is 5.82 Å². The highest BCUT2D eigenvalue weighted by Gasteiger charge is 2.09. The number of nitrogens with one attached hydrogen (secondary N) is 1. The van der Waals surface area contributed by atoms with Crippen molar-refractivity contribution in [2.75, 3.05) is 26.0 Å². The molecule has 1 heterocycles. The van der Waals surface area contributed by atoms with Crippen molar-refractivity contribution in [2.24, 2.45) is 0 Å². The Kier molecular flexibility index (Phi) is 2.97. The number of hydrogen-bond acceptors (Lipinski definition) is 5. The van der Waals surface area contributed by atoms with Gasteiger partial charge in [0, 0.05) is 0 Å². The number of amides is 1. The maximum absolute atomic E-state index is 11.2. The lowest BCUT2D eigenvalue weighted by molar-refractivity contribution is -0.116. The minimum atomic E-state index is -0.135. The highest BCUT2D eigenvalue weighted by molar-refractivity contribution is 5.91. The molecule has 6 nitrogen and oxygen atoms in total. The number of carbonyl (C=O) groups excluding carboxylic acids is 1. The Bertz CT molecular complexity index is 294. The first kappa shape index (κ1) is 9.66. The zero-order valence-corrected chi connectivity index (χ0v) is 7.87. The van der Waals surface area contributed by atoms with E-state index < -0.39 is 0 Å². The second kappa shape index (κ2) is 3.99.